The molecule has 12 heteroatoms. The first kappa shape index (κ1) is 17.9. The van der Waals surface area contributed by atoms with Crippen LogP contribution in [0.25, 0.3) is 21.9 Å². The SMILES string of the molecule is Cc1noc(-c2sccc2NC(=O)Cn2cnc3c2c(=O)n(C)c(=O)n3C)n1. The van der Waals surface area contributed by atoms with Crippen molar-refractivity contribution in [3.63, 3.8) is 0 Å². The van der Waals surface area contributed by atoms with Gasteiger partial charge in [0.15, 0.2) is 17.0 Å². The van der Waals surface area contributed by atoms with E-state index in [0.717, 1.165) is 4.57 Å². The van der Waals surface area contributed by atoms with Gasteiger partial charge in [-0.05, 0) is 18.4 Å². The number of anilines is 1. The zero-order valence-corrected chi connectivity index (χ0v) is 16.0. The third kappa shape index (κ3) is 2.83. The number of hydrogen-bond donors (Lipinski definition) is 1. The van der Waals surface area contributed by atoms with Crippen molar-refractivity contribution in [3.05, 3.63) is 44.4 Å². The number of amides is 1. The molecule has 1 N–H and O–H groups in total. The summed E-state index contributed by atoms with van der Waals surface area (Å²) in [6, 6.07) is 1.73. The van der Waals surface area contributed by atoms with Gasteiger partial charge in [0, 0.05) is 14.1 Å². The molecule has 0 aliphatic carbocycles. The molecule has 4 heterocycles. The van der Waals surface area contributed by atoms with E-state index in [9.17, 15) is 14.4 Å². The maximum atomic E-state index is 12.6. The van der Waals surface area contributed by atoms with E-state index in [0.29, 0.717) is 22.3 Å². The third-order valence-corrected chi connectivity index (χ3v) is 5.09. The van der Waals surface area contributed by atoms with E-state index in [-0.39, 0.29) is 23.6 Å². The van der Waals surface area contributed by atoms with Gasteiger partial charge in [0.1, 0.15) is 11.4 Å². The van der Waals surface area contributed by atoms with Gasteiger partial charge in [0.05, 0.1) is 12.0 Å². The lowest BCUT2D eigenvalue weighted by Gasteiger charge is -2.07. The van der Waals surface area contributed by atoms with Gasteiger partial charge >= 0.3 is 5.69 Å². The smallest absolute Gasteiger partial charge is 0.332 e. The van der Waals surface area contributed by atoms with Crippen molar-refractivity contribution in [2.45, 2.75) is 13.5 Å². The zero-order valence-electron chi connectivity index (χ0n) is 15.2. The fourth-order valence-electron chi connectivity index (χ4n) is 2.82. The van der Waals surface area contributed by atoms with Crippen molar-refractivity contribution in [2.24, 2.45) is 14.1 Å². The van der Waals surface area contributed by atoms with Crippen LogP contribution in [0.2, 0.25) is 0 Å². The van der Waals surface area contributed by atoms with Crippen molar-refractivity contribution >= 4 is 34.1 Å². The Hall–Kier alpha value is -3.54. The Morgan fingerprint density at radius 3 is 2.79 bits per heavy atom. The van der Waals surface area contributed by atoms with Crippen LogP contribution < -0.4 is 16.6 Å². The summed E-state index contributed by atoms with van der Waals surface area (Å²) in [5.74, 6) is 0.442. The number of aromatic nitrogens is 6. The normalized spacial score (nSPS) is 11.2. The molecule has 1 amide bonds. The van der Waals surface area contributed by atoms with E-state index in [2.05, 4.69) is 20.4 Å². The molecule has 0 aliphatic rings. The molecule has 11 nitrogen and oxygen atoms in total. The molecule has 144 valence electrons. The number of rotatable bonds is 4. The Labute approximate surface area is 160 Å². The highest BCUT2D eigenvalue weighted by molar-refractivity contribution is 7.14. The molecule has 0 fully saturated rings. The molecular formula is C16H15N7O4S. The largest absolute Gasteiger partial charge is 0.333 e. The molecule has 0 aromatic carbocycles. The van der Waals surface area contributed by atoms with Crippen LogP contribution in [-0.4, -0.2) is 34.7 Å². The maximum Gasteiger partial charge on any atom is 0.332 e. The summed E-state index contributed by atoms with van der Waals surface area (Å²) >= 11 is 1.35. The highest BCUT2D eigenvalue weighted by atomic mass is 32.1. The van der Waals surface area contributed by atoms with Crippen LogP contribution in [0.4, 0.5) is 5.69 Å². The van der Waals surface area contributed by atoms with Crippen molar-refractivity contribution in [1.29, 1.82) is 0 Å². The number of fused-ring (bicyclic) bond motifs is 1. The van der Waals surface area contributed by atoms with E-state index >= 15 is 0 Å². The second-order valence-corrected chi connectivity index (χ2v) is 7.02. The lowest BCUT2D eigenvalue weighted by molar-refractivity contribution is -0.116. The molecule has 28 heavy (non-hydrogen) atoms. The second-order valence-electron chi connectivity index (χ2n) is 6.11. The number of nitrogens with one attached hydrogen (secondary N) is 1. The van der Waals surface area contributed by atoms with Crippen LogP contribution >= 0.6 is 11.3 Å². The van der Waals surface area contributed by atoms with E-state index in [1.807, 2.05) is 0 Å². The highest BCUT2D eigenvalue weighted by Gasteiger charge is 2.18. The fourth-order valence-corrected chi connectivity index (χ4v) is 3.59. The first-order valence-corrected chi connectivity index (χ1v) is 9.03. The van der Waals surface area contributed by atoms with Crippen LogP contribution in [0.5, 0.6) is 0 Å². The van der Waals surface area contributed by atoms with Crippen molar-refractivity contribution < 1.29 is 9.32 Å². The summed E-state index contributed by atoms with van der Waals surface area (Å²) in [6.07, 6.45) is 1.36. The standard InChI is InChI=1S/C16H15N7O4S/c1-8-18-14(27-20-8)12-9(4-5-28-12)19-10(24)6-23-7-17-13-11(23)15(25)22(3)16(26)21(13)2/h4-5,7H,6H2,1-3H3,(H,19,24). The molecule has 0 spiro atoms. The zero-order chi connectivity index (χ0) is 20.0. The van der Waals surface area contributed by atoms with Crippen LogP contribution in [0.3, 0.4) is 0 Å². The van der Waals surface area contributed by atoms with Gasteiger partial charge in [-0.15, -0.1) is 11.3 Å². The van der Waals surface area contributed by atoms with Gasteiger partial charge in [-0.3, -0.25) is 18.7 Å². The lowest BCUT2D eigenvalue weighted by Crippen LogP contribution is -2.37. The predicted molar refractivity (Wildman–Crippen MR) is 101 cm³/mol. The summed E-state index contributed by atoms with van der Waals surface area (Å²) < 4.78 is 8.81. The quantitative estimate of drug-likeness (QED) is 0.527. The van der Waals surface area contributed by atoms with Crippen molar-refractivity contribution in [3.8, 4) is 10.8 Å². The van der Waals surface area contributed by atoms with Crippen LogP contribution in [-0.2, 0) is 25.4 Å². The Bertz CT molecular complexity index is 1320. The number of carbonyl (C=O) groups excluding carboxylic acids is 1. The average Bonchev–Trinajstić information content (AvgIpc) is 3.38. The van der Waals surface area contributed by atoms with Gasteiger partial charge in [0.2, 0.25) is 5.91 Å². The van der Waals surface area contributed by atoms with Gasteiger partial charge in [-0.25, -0.2) is 9.78 Å². The number of carbonyl (C=O) groups is 1. The first-order valence-electron chi connectivity index (χ1n) is 8.15. The number of nitrogens with zero attached hydrogens (tertiary/aromatic N) is 6. The molecule has 0 aliphatic heterocycles. The highest BCUT2D eigenvalue weighted by Crippen LogP contribution is 2.32. The van der Waals surface area contributed by atoms with Crippen LogP contribution in [0, 0.1) is 6.92 Å². The topological polar surface area (TPSA) is 130 Å². The lowest BCUT2D eigenvalue weighted by atomic mass is 10.3. The molecule has 0 unspecified atom stereocenters. The first-order chi connectivity index (χ1) is 13.4. The summed E-state index contributed by atoms with van der Waals surface area (Å²) in [4.78, 5) is 45.9. The van der Waals surface area contributed by atoms with E-state index < -0.39 is 11.2 Å². The average molecular weight is 401 g/mol. The number of imidazole rings is 1. The summed E-state index contributed by atoms with van der Waals surface area (Å²) in [5.41, 5.74) is -0.0643. The number of aryl methyl sites for hydroxylation is 2. The molecule has 0 saturated heterocycles. The van der Waals surface area contributed by atoms with E-state index in [4.69, 9.17) is 4.52 Å². The summed E-state index contributed by atoms with van der Waals surface area (Å²) in [6.45, 7) is 1.55. The molecule has 4 aromatic heterocycles. The summed E-state index contributed by atoms with van der Waals surface area (Å²) in [7, 11) is 2.90. The number of thiophene rings is 1. The van der Waals surface area contributed by atoms with E-state index in [1.54, 1.807) is 18.4 Å². The third-order valence-electron chi connectivity index (χ3n) is 4.19. The molecule has 0 saturated carbocycles. The van der Waals surface area contributed by atoms with Gasteiger partial charge < -0.3 is 14.4 Å². The monoisotopic (exact) mass is 401 g/mol. The van der Waals surface area contributed by atoms with Crippen LogP contribution in [0.15, 0.2) is 31.9 Å². The molecular weight excluding hydrogens is 386 g/mol. The van der Waals surface area contributed by atoms with Gasteiger partial charge in [0.25, 0.3) is 11.4 Å². The van der Waals surface area contributed by atoms with Crippen molar-refractivity contribution in [1.82, 2.24) is 28.8 Å². The van der Waals surface area contributed by atoms with E-state index in [1.165, 1.54) is 40.9 Å². The maximum absolute atomic E-state index is 12.6. The Balaban J connectivity index is 1.64. The van der Waals surface area contributed by atoms with Gasteiger partial charge in [-0.1, -0.05) is 5.16 Å². The minimum Gasteiger partial charge on any atom is -0.333 e. The number of hydrogen-bond acceptors (Lipinski definition) is 8. The Morgan fingerprint density at radius 2 is 2.07 bits per heavy atom. The Kier molecular flexibility index (Phi) is 4.19. The minimum absolute atomic E-state index is 0.151. The summed E-state index contributed by atoms with van der Waals surface area (Å²) in [5, 5.41) is 8.32. The van der Waals surface area contributed by atoms with Crippen LogP contribution in [0.1, 0.15) is 5.82 Å². The molecule has 4 rings (SSSR count). The predicted octanol–water partition coefficient (Wildman–Crippen LogP) is 0.492. The second kappa shape index (κ2) is 6.56. The fraction of sp³-hybridized carbons (Fsp3) is 0.250. The molecule has 0 radical (unpaired) electrons. The molecule has 0 atom stereocenters. The molecule has 0 bridgehead atoms. The molecule has 4 aromatic rings. The van der Waals surface area contributed by atoms with Gasteiger partial charge in [-0.2, -0.15) is 4.98 Å². The Morgan fingerprint density at radius 1 is 1.29 bits per heavy atom. The van der Waals surface area contributed by atoms with Crippen molar-refractivity contribution in [2.75, 3.05) is 5.32 Å². The minimum atomic E-state index is -0.513.